The van der Waals surface area contributed by atoms with Crippen LogP contribution in [0.2, 0.25) is 0 Å². The number of benzene rings is 1. The Morgan fingerprint density at radius 2 is 1.92 bits per heavy atom. The predicted octanol–water partition coefficient (Wildman–Crippen LogP) is 2.59. The van der Waals surface area contributed by atoms with Gasteiger partial charge in [0.25, 0.3) is 5.91 Å². The Balaban J connectivity index is 1.62. The van der Waals surface area contributed by atoms with Crippen molar-refractivity contribution in [2.45, 2.75) is 20.0 Å². The van der Waals surface area contributed by atoms with Crippen molar-refractivity contribution in [2.75, 3.05) is 36.5 Å². The SMILES string of the molecule is Cc1cc([C@@H]2NC(=O)c3cc(N4CCOCC4)ccc3N2)c(C)o1. The minimum Gasteiger partial charge on any atom is -0.466 e. The van der Waals surface area contributed by atoms with Gasteiger partial charge in [0, 0.05) is 30.0 Å². The van der Waals surface area contributed by atoms with Crippen LogP contribution in [0.5, 0.6) is 0 Å². The molecule has 0 radical (unpaired) electrons. The summed E-state index contributed by atoms with van der Waals surface area (Å²) in [6.07, 6.45) is -0.267. The van der Waals surface area contributed by atoms with Crippen molar-refractivity contribution in [1.82, 2.24) is 5.32 Å². The van der Waals surface area contributed by atoms with Crippen LogP contribution in [0, 0.1) is 13.8 Å². The monoisotopic (exact) mass is 327 g/mol. The summed E-state index contributed by atoms with van der Waals surface area (Å²) in [7, 11) is 0. The van der Waals surface area contributed by atoms with Crippen molar-refractivity contribution >= 4 is 17.3 Å². The number of anilines is 2. The van der Waals surface area contributed by atoms with Crippen LogP contribution in [0.3, 0.4) is 0 Å². The highest BCUT2D eigenvalue weighted by atomic mass is 16.5. The molecule has 2 aliphatic rings. The predicted molar refractivity (Wildman–Crippen MR) is 91.5 cm³/mol. The number of fused-ring (bicyclic) bond motifs is 1. The average Bonchev–Trinajstić information content (AvgIpc) is 2.94. The fourth-order valence-corrected chi connectivity index (χ4v) is 3.36. The summed E-state index contributed by atoms with van der Waals surface area (Å²) < 4.78 is 11.0. The van der Waals surface area contributed by atoms with Gasteiger partial charge in [-0.15, -0.1) is 0 Å². The Bertz CT molecular complexity index is 778. The van der Waals surface area contributed by atoms with E-state index in [1.165, 1.54) is 0 Å². The molecule has 0 bridgehead atoms. The number of hydrogen-bond acceptors (Lipinski definition) is 5. The van der Waals surface area contributed by atoms with Crippen LogP contribution < -0.4 is 15.5 Å². The van der Waals surface area contributed by atoms with E-state index in [0.717, 1.165) is 54.8 Å². The Morgan fingerprint density at radius 1 is 1.12 bits per heavy atom. The van der Waals surface area contributed by atoms with Crippen LogP contribution in [0.25, 0.3) is 0 Å². The zero-order chi connectivity index (χ0) is 16.7. The lowest BCUT2D eigenvalue weighted by Crippen LogP contribution is -2.39. The molecule has 4 rings (SSSR count). The smallest absolute Gasteiger partial charge is 0.255 e. The third-order valence-corrected chi connectivity index (χ3v) is 4.59. The average molecular weight is 327 g/mol. The highest BCUT2D eigenvalue weighted by molar-refractivity contribution is 6.02. The fraction of sp³-hybridized carbons (Fsp3) is 0.389. The molecule has 3 heterocycles. The summed E-state index contributed by atoms with van der Waals surface area (Å²) in [6, 6.07) is 7.95. The molecule has 2 aliphatic heterocycles. The molecule has 1 saturated heterocycles. The number of furan rings is 1. The summed E-state index contributed by atoms with van der Waals surface area (Å²) in [5.41, 5.74) is 3.54. The molecule has 0 aliphatic carbocycles. The Kier molecular flexibility index (Phi) is 3.69. The first kappa shape index (κ1) is 15.1. The van der Waals surface area contributed by atoms with Crippen LogP contribution in [0.4, 0.5) is 11.4 Å². The van der Waals surface area contributed by atoms with Crippen LogP contribution in [0.15, 0.2) is 28.7 Å². The van der Waals surface area contributed by atoms with Crippen molar-refractivity contribution < 1.29 is 13.9 Å². The maximum absolute atomic E-state index is 12.6. The number of aryl methyl sites for hydroxylation is 2. The molecule has 1 atom stereocenters. The van der Waals surface area contributed by atoms with Gasteiger partial charge in [0.15, 0.2) is 0 Å². The molecule has 126 valence electrons. The van der Waals surface area contributed by atoms with Crippen molar-refractivity contribution in [2.24, 2.45) is 0 Å². The van der Waals surface area contributed by atoms with Gasteiger partial charge in [-0.1, -0.05) is 0 Å². The zero-order valence-corrected chi connectivity index (χ0v) is 13.9. The van der Waals surface area contributed by atoms with E-state index < -0.39 is 0 Å². The molecule has 1 amide bonds. The molecule has 6 heteroatoms. The number of rotatable bonds is 2. The van der Waals surface area contributed by atoms with Crippen LogP contribution in [-0.2, 0) is 4.74 Å². The molecular formula is C18H21N3O3. The number of ether oxygens (including phenoxy) is 1. The van der Waals surface area contributed by atoms with Gasteiger partial charge >= 0.3 is 0 Å². The second-order valence-corrected chi connectivity index (χ2v) is 6.25. The van der Waals surface area contributed by atoms with E-state index in [4.69, 9.17) is 9.15 Å². The number of nitrogens with one attached hydrogen (secondary N) is 2. The van der Waals surface area contributed by atoms with E-state index in [1.807, 2.05) is 32.0 Å². The van der Waals surface area contributed by atoms with Crippen molar-refractivity contribution in [3.8, 4) is 0 Å². The van der Waals surface area contributed by atoms with Gasteiger partial charge in [0.1, 0.15) is 17.7 Å². The number of nitrogens with zero attached hydrogens (tertiary/aromatic N) is 1. The lowest BCUT2D eigenvalue weighted by Gasteiger charge is -2.32. The first-order valence-electron chi connectivity index (χ1n) is 8.23. The summed E-state index contributed by atoms with van der Waals surface area (Å²) in [6.45, 7) is 6.97. The fourth-order valence-electron chi connectivity index (χ4n) is 3.36. The maximum atomic E-state index is 12.6. The molecule has 24 heavy (non-hydrogen) atoms. The third-order valence-electron chi connectivity index (χ3n) is 4.59. The van der Waals surface area contributed by atoms with Crippen molar-refractivity contribution in [1.29, 1.82) is 0 Å². The summed E-state index contributed by atoms with van der Waals surface area (Å²) in [5, 5.41) is 6.41. The van der Waals surface area contributed by atoms with Gasteiger partial charge < -0.3 is 24.7 Å². The van der Waals surface area contributed by atoms with E-state index in [0.29, 0.717) is 5.56 Å². The van der Waals surface area contributed by atoms with Gasteiger partial charge in [-0.05, 0) is 38.1 Å². The molecule has 0 spiro atoms. The molecule has 0 unspecified atom stereocenters. The zero-order valence-electron chi connectivity index (χ0n) is 13.9. The molecular weight excluding hydrogens is 306 g/mol. The lowest BCUT2D eigenvalue weighted by atomic mass is 10.0. The molecule has 1 aromatic carbocycles. The Hall–Kier alpha value is -2.47. The molecule has 6 nitrogen and oxygen atoms in total. The van der Waals surface area contributed by atoms with Crippen LogP contribution in [-0.4, -0.2) is 32.2 Å². The second kappa shape index (κ2) is 5.87. The van der Waals surface area contributed by atoms with Crippen LogP contribution >= 0.6 is 0 Å². The summed E-state index contributed by atoms with van der Waals surface area (Å²) in [4.78, 5) is 14.8. The minimum absolute atomic E-state index is 0.0675. The number of morpholine rings is 1. The second-order valence-electron chi connectivity index (χ2n) is 6.25. The van der Waals surface area contributed by atoms with E-state index in [-0.39, 0.29) is 12.1 Å². The molecule has 1 fully saturated rings. The van der Waals surface area contributed by atoms with Crippen LogP contribution in [0.1, 0.15) is 33.6 Å². The third kappa shape index (κ3) is 2.63. The quantitative estimate of drug-likeness (QED) is 0.887. The maximum Gasteiger partial charge on any atom is 0.255 e. The number of carbonyl (C=O) groups excluding carboxylic acids is 1. The molecule has 1 aromatic heterocycles. The van der Waals surface area contributed by atoms with Gasteiger partial charge in [-0.25, -0.2) is 0 Å². The summed E-state index contributed by atoms with van der Waals surface area (Å²) >= 11 is 0. The van der Waals surface area contributed by atoms with Crippen molar-refractivity contribution in [3.05, 3.63) is 46.9 Å². The van der Waals surface area contributed by atoms with Gasteiger partial charge in [-0.2, -0.15) is 0 Å². The topological polar surface area (TPSA) is 66.7 Å². The Labute approximate surface area is 140 Å². The van der Waals surface area contributed by atoms with E-state index in [2.05, 4.69) is 21.6 Å². The highest BCUT2D eigenvalue weighted by Gasteiger charge is 2.27. The molecule has 0 saturated carbocycles. The lowest BCUT2D eigenvalue weighted by molar-refractivity contribution is 0.0935. The molecule has 2 N–H and O–H groups in total. The first-order chi connectivity index (χ1) is 11.6. The van der Waals surface area contributed by atoms with Gasteiger partial charge in [-0.3, -0.25) is 4.79 Å². The van der Waals surface area contributed by atoms with E-state index >= 15 is 0 Å². The van der Waals surface area contributed by atoms with E-state index in [1.54, 1.807) is 0 Å². The first-order valence-corrected chi connectivity index (χ1v) is 8.23. The normalized spacial score (nSPS) is 20.3. The summed E-state index contributed by atoms with van der Waals surface area (Å²) in [5.74, 6) is 1.59. The van der Waals surface area contributed by atoms with E-state index in [9.17, 15) is 4.79 Å². The number of hydrogen-bond donors (Lipinski definition) is 2. The number of amides is 1. The van der Waals surface area contributed by atoms with Crippen molar-refractivity contribution in [3.63, 3.8) is 0 Å². The van der Waals surface area contributed by atoms with Gasteiger partial charge in [0.2, 0.25) is 0 Å². The molecule has 2 aromatic rings. The minimum atomic E-state index is -0.267. The standard InChI is InChI=1S/C18H21N3O3/c1-11-9-14(12(2)24-11)17-19-16-4-3-13(10-15(16)18(22)20-17)21-5-7-23-8-6-21/h3-4,9-10,17,19H,5-8H2,1-2H3,(H,20,22)/t17-/m0/s1. The van der Waals surface area contributed by atoms with Gasteiger partial charge in [0.05, 0.1) is 18.8 Å². The highest BCUT2D eigenvalue weighted by Crippen LogP contribution is 2.32. The Morgan fingerprint density at radius 3 is 2.62 bits per heavy atom. The number of carbonyl (C=O) groups is 1. The largest absolute Gasteiger partial charge is 0.466 e.